The molecule has 0 fully saturated rings. The lowest BCUT2D eigenvalue weighted by atomic mass is 10.4. The first-order chi connectivity index (χ1) is 5.29. The van der Waals surface area contributed by atoms with E-state index in [-0.39, 0.29) is 0 Å². The average molecular weight is 172 g/mol. The van der Waals surface area contributed by atoms with Gasteiger partial charge < -0.3 is 20.9 Å². The maximum absolute atomic E-state index is 5.60. The number of hydrogen-bond acceptors (Lipinski definition) is 5. The minimum atomic E-state index is 0.549. The highest BCUT2D eigenvalue weighted by Crippen LogP contribution is 2.47. The smallest absolute Gasteiger partial charge is 0.197 e. The van der Waals surface area contributed by atoms with Crippen molar-refractivity contribution in [2.24, 2.45) is 0 Å². The first kappa shape index (κ1) is 6.60. The van der Waals surface area contributed by atoms with E-state index in [0.29, 0.717) is 34.7 Å². The standard InChI is InChI=1S/C6H8N2O2S/c7-5-3-4(6(8)11-5)10-2-1-9-3/h1-2,7-8H2. The molecule has 60 valence electrons. The van der Waals surface area contributed by atoms with E-state index in [1.165, 1.54) is 11.3 Å². The molecule has 4 N–H and O–H groups in total. The second-order valence-corrected chi connectivity index (χ2v) is 3.27. The van der Waals surface area contributed by atoms with E-state index in [1.807, 2.05) is 0 Å². The second kappa shape index (κ2) is 2.20. The Bertz CT molecular complexity index is 258. The van der Waals surface area contributed by atoms with Crippen molar-refractivity contribution in [3.8, 4) is 11.5 Å². The molecule has 0 saturated heterocycles. The summed E-state index contributed by atoms with van der Waals surface area (Å²) in [6.07, 6.45) is 0. The fraction of sp³-hybridized carbons (Fsp3) is 0.333. The van der Waals surface area contributed by atoms with Crippen molar-refractivity contribution < 1.29 is 9.47 Å². The van der Waals surface area contributed by atoms with Gasteiger partial charge in [-0.25, -0.2) is 0 Å². The Morgan fingerprint density at radius 2 is 1.45 bits per heavy atom. The van der Waals surface area contributed by atoms with Crippen LogP contribution >= 0.6 is 11.3 Å². The van der Waals surface area contributed by atoms with Crippen molar-refractivity contribution in [2.45, 2.75) is 0 Å². The molecule has 0 amide bonds. The molecule has 4 nitrogen and oxygen atoms in total. The summed E-state index contributed by atoms with van der Waals surface area (Å²) in [5, 5.41) is 1.19. The SMILES string of the molecule is Nc1sc(N)c2c1OCCO2. The maximum Gasteiger partial charge on any atom is 0.197 e. The van der Waals surface area contributed by atoms with Crippen molar-refractivity contribution in [3.63, 3.8) is 0 Å². The molecule has 0 spiro atoms. The van der Waals surface area contributed by atoms with Crippen molar-refractivity contribution >= 4 is 21.3 Å². The molecule has 11 heavy (non-hydrogen) atoms. The van der Waals surface area contributed by atoms with Crippen molar-refractivity contribution in [2.75, 3.05) is 24.7 Å². The largest absolute Gasteiger partial charge is 0.483 e. The Kier molecular flexibility index (Phi) is 1.32. The highest BCUT2D eigenvalue weighted by atomic mass is 32.1. The first-order valence-corrected chi connectivity index (χ1v) is 4.04. The van der Waals surface area contributed by atoms with Gasteiger partial charge in [-0.2, -0.15) is 0 Å². The van der Waals surface area contributed by atoms with Crippen LogP contribution in [0.4, 0.5) is 10.0 Å². The topological polar surface area (TPSA) is 70.5 Å². The number of thiophene rings is 1. The van der Waals surface area contributed by atoms with Gasteiger partial charge in [0.25, 0.3) is 0 Å². The van der Waals surface area contributed by atoms with Gasteiger partial charge >= 0.3 is 0 Å². The highest BCUT2D eigenvalue weighted by molar-refractivity contribution is 7.20. The Hall–Kier alpha value is -1.10. The minimum Gasteiger partial charge on any atom is -0.483 e. The predicted octanol–water partition coefficient (Wildman–Crippen LogP) is 0.684. The number of nitrogens with two attached hydrogens (primary N) is 2. The molecule has 1 aromatic rings. The summed E-state index contributed by atoms with van der Waals surface area (Å²) in [6, 6.07) is 0. The van der Waals surface area contributed by atoms with Crippen LogP contribution in [0.3, 0.4) is 0 Å². The van der Waals surface area contributed by atoms with Gasteiger partial charge in [0.15, 0.2) is 11.5 Å². The summed E-state index contributed by atoms with van der Waals surface area (Å²) < 4.78 is 10.5. The number of ether oxygens (including phenoxy) is 2. The van der Waals surface area contributed by atoms with Gasteiger partial charge in [-0.3, -0.25) is 0 Å². The van der Waals surface area contributed by atoms with Crippen LogP contribution in [-0.2, 0) is 0 Å². The number of anilines is 2. The van der Waals surface area contributed by atoms with Crippen LogP contribution in [0.1, 0.15) is 0 Å². The summed E-state index contributed by atoms with van der Waals surface area (Å²) in [6.45, 7) is 1.10. The summed E-state index contributed by atoms with van der Waals surface area (Å²) >= 11 is 1.29. The Labute approximate surface area is 67.7 Å². The normalized spacial score (nSPS) is 14.9. The quantitative estimate of drug-likeness (QED) is 0.603. The van der Waals surface area contributed by atoms with Gasteiger partial charge in [-0.1, -0.05) is 11.3 Å². The lowest BCUT2D eigenvalue weighted by Gasteiger charge is -2.15. The number of nitrogen functional groups attached to an aromatic ring is 2. The molecule has 1 aromatic heterocycles. The van der Waals surface area contributed by atoms with E-state index in [0.717, 1.165) is 0 Å². The third-order valence-electron chi connectivity index (χ3n) is 1.45. The van der Waals surface area contributed by atoms with E-state index in [4.69, 9.17) is 20.9 Å². The summed E-state index contributed by atoms with van der Waals surface area (Å²) in [7, 11) is 0. The molecular formula is C6H8N2O2S. The summed E-state index contributed by atoms with van der Waals surface area (Å²) in [4.78, 5) is 0. The number of hydrogen-bond donors (Lipinski definition) is 2. The predicted molar refractivity (Wildman–Crippen MR) is 44.1 cm³/mol. The van der Waals surface area contributed by atoms with E-state index in [9.17, 15) is 0 Å². The van der Waals surface area contributed by atoms with Crippen LogP contribution in [-0.4, -0.2) is 13.2 Å². The van der Waals surface area contributed by atoms with Crippen molar-refractivity contribution in [3.05, 3.63) is 0 Å². The Morgan fingerprint density at radius 3 is 1.91 bits per heavy atom. The molecule has 2 heterocycles. The lowest BCUT2D eigenvalue weighted by molar-refractivity contribution is 0.175. The third kappa shape index (κ3) is 0.883. The van der Waals surface area contributed by atoms with Crippen LogP contribution in [0.15, 0.2) is 0 Å². The first-order valence-electron chi connectivity index (χ1n) is 3.22. The fourth-order valence-corrected chi connectivity index (χ4v) is 1.72. The molecule has 0 atom stereocenters. The fourth-order valence-electron chi connectivity index (χ4n) is 0.996. The summed E-state index contributed by atoms with van der Waals surface area (Å²) in [5.41, 5.74) is 11.2. The minimum absolute atomic E-state index is 0.549. The van der Waals surface area contributed by atoms with Gasteiger partial charge in [-0.15, -0.1) is 0 Å². The van der Waals surface area contributed by atoms with Gasteiger partial charge in [-0.05, 0) is 0 Å². The zero-order chi connectivity index (χ0) is 7.84. The van der Waals surface area contributed by atoms with Gasteiger partial charge in [0, 0.05) is 0 Å². The van der Waals surface area contributed by atoms with Crippen LogP contribution < -0.4 is 20.9 Å². The van der Waals surface area contributed by atoms with Gasteiger partial charge in [0.1, 0.15) is 23.2 Å². The van der Waals surface area contributed by atoms with Crippen LogP contribution in [0.25, 0.3) is 0 Å². The molecule has 5 heteroatoms. The van der Waals surface area contributed by atoms with Crippen molar-refractivity contribution in [1.29, 1.82) is 0 Å². The Morgan fingerprint density at radius 1 is 1.00 bits per heavy atom. The zero-order valence-electron chi connectivity index (χ0n) is 5.79. The molecule has 1 aliphatic rings. The molecular weight excluding hydrogens is 164 g/mol. The number of rotatable bonds is 0. The van der Waals surface area contributed by atoms with E-state index >= 15 is 0 Å². The van der Waals surface area contributed by atoms with Crippen molar-refractivity contribution in [1.82, 2.24) is 0 Å². The highest BCUT2D eigenvalue weighted by Gasteiger charge is 2.20. The average Bonchev–Trinajstić information content (AvgIpc) is 2.30. The van der Waals surface area contributed by atoms with E-state index in [2.05, 4.69) is 0 Å². The molecule has 0 aliphatic carbocycles. The van der Waals surface area contributed by atoms with Crippen LogP contribution in [0.5, 0.6) is 11.5 Å². The second-order valence-electron chi connectivity index (χ2n) is 2.19. The number of fused-ring (bicyclic) bond motifs is 1. The zero-order valence-corrected chi connectivity index (χ0v) is 6.61. The summed E-state index contributed by atoms with van der Waals surface area (Å²) in [5.74, 6) is 1.22. The molecule has 0 unspecified atom stereocenters. The molecule has 0 saturated carbocycles. The maximum atomic E-state index is 5.60. The monoisotopic (exact) mass is 172 g/mol. The van der Waals surface area contributed by atoms with Crippen LogP contribution in [0, 0.1) is 0 Å². The third-order valence-corrected chi connectivity index (χ3v) is 2.26. The molecule has 1 aliphatic heterocycles. The molecule has 0 radical (unpaired) electrons. The molecule has 0 bridgehead atoms. The van der Waals surface area contributed by atoms with E-state index < -0.39 is 0 Å². The molecule has 0 aromatic carbocycles. The Balaban J connectivity index is 2.52. The molecule has 2 rings (SSSR count). The van der Waals surface area contributed by atoms with Crippen LogP contribution in [0.2, 0.25) is 0 Å². The lowest BCUT2D eigenvalue weighted by Crippen LogP contribution is -2.15. The van der Waals surface area contributed by atoms with E-state index in [1.54, 1.807) is 0 Å². The van der Waals surface area contributed by atoms with Gasteiger partial charge in [0.05, 0.1) is 0 Å². The van der Waals surface area contributed by atoms with Gasteiger partial charge in [0.2, 0.25) is 0 Å².